The Morgan fingerprint density at radius 1 is 1.29 bits per heavy atom. The average molecular weight is 253 g/mol. The highest BCUT2D eigenvalue weighted by molar-refractivity contribution is 7.60. The quantitative estimate of drug-likeness (QED) is 0.264. The predicted octanol–water partition coefficient (Wildman–Crippen LogP) is 0.0408. The van der Waals surface area contributed by atoms with Gasteiger partial charge >= 0.3 is 15.6 Å². The van der Waals surface area contributed by atoms with Crippen molar-refractivity contribution >= 4 is 15.6 Å². The largest absolute Gasteiger partial charge is 0.508 e. The van der Waals surface area contributed by atoms with Crippen LogP contribution in [0.5, 0.6) is 0 Å². The van der Waals surface area contributed by atoms with Crippen LogP contribution in [0.4, 0.5) is 0 Å². The second-order valence-corrected chi connectivity index (χ2v) is 4.65. The van der Waals surface area contributed by atoms with Gasteiger partial charge in [0.05, 0.1) is 0 Å². The van der Waals surface area contributed by atoms with Crippen LogP contribution in [0.15, 0.2) is 0 Å². The van der Waals surface area contributed by atoms with E-state index in [2.05, 4.69) is 15.9 Å². The summed E-state index contributed by atoms with van der Waals surface area (Å²) in [4.78, 5) is 23.7. The molecule has 0 bridgehead atoms. The maximum atomic E-state index is 9.97. The maximum absolute atomic E-state index is 9.97. The molecule has 6 N–H and O–H groups in total. The van der Waals surface area contributed by atoms with E-state index in [-0.39, 0.29) is 0 Å². The number of hydrogen-bond acceptors (Lipinski definition) is 6. The first-order chi connectivity index (χ1) is 6.18. The Labute approximate surface area is 80.2 Å². The molecule has 0 amide bonds. The van der Waals surface area contributed by atoms with Gasteiger partial charge in [0.2, 0.25) is 0 Å². The van der Waals surface area contributed by atoms with E-state index in [9.17, 15) is 9.13 Å². The average Bonchev–Trinajstić information content (AvgIpc) is 2.01. The maximum Gasteiger partial charge on any atom is 0.508 e. The van der Waals surface area contributed by atoms with Crippen LogP contribution in [0.25, 0.3) is 0 Å². The molecule has 11 heteroatoms. The van der Waals surface area contributed by atoms with Crippen LogP contribution in [-0.4, -0.2) is 26.5 Å². The van der Waals surface area contributed by atoms with Crippen LogP contribution < -0.4 is 5.73 Å². The van der Waals surface area contributed by atoms with Crippen LogP contribution in [0, 0.1) is 0 Å². The Kier molecular flexibility index (Phi) is 8.86. The van der Waals surface area contributed by atoms with E-state index in [0.29, 0.717) is 0 Å². The molecule has 0 aromatic heterocycles. The molecule has 9 nitrogen and oxygen atoms in total. The molecule has 0 aliphatic rings. The van der Waals surface area contributed by atoms with Crippen LogP contribution in [0.3, 0.4) is 0 Å². The fourth-order valence-electron chi connectivity index (χ4n) is 0.149. The third-order valence-corrected chi connectivity index (χ3v) is 2.48. The molecule has 88 valence electrons. The molecule has 0 fully saturated rings. The lowest BCUT2D eigenvalue weighted by atomic mass is 10.5. The Bertz CT molecular complexity index is 223. The van der Waals surface area contributed by atoms with Gasteiger partial charge in [0.15, 0.2) is 0 Å². The summed E-state index contributed by atoms with van der Waals surface area (Å²) in [5.41, 5.74) is 5.03. The third-order valence-electron chi connectivity index (χ3n) is 0.601. The normalized spacial score (nSPS) is 15.3. The lowest BCUT2D eigenvalue weighted by molar-refractivity contribution is -0.157. The Morgan fingerprint density at radius 2 is 1.64 bits per heavy atom. The van der Waals surface area contributed by atoms with Crippen molar-refractivity contribution in [1.82, 2.24) is 0 Å². The number of nitrogens with two attached hydrogens (primary N) is 1. The van der Waals surface area contributed by atoms with Gasteiger partial charge < -0.3 is 20.4 Å². The SMILES string of the molecule is CCCN.O=P(O)(O)OP(=O)(O)OO. The highest BCUT2D eigenvalue weighted by Gasteiger charge is 2.32. The Balaban J connectivity index is 0. The zero-order valence-electron chi connectivity index (χ0n) is 7.31. The van der Waals surface area contributed by atoms with Crippen molar-refractivity contribution in [2.45, 2.75) is 13.3 Å². The van der Waals surface area contributed by atoms with Gasteiger partial charge in [-0.2, -0.15) is 4.31 Å². The van der Waals surface area contributed by atoms with Crippen LogP contribution in [0.1, 0.15) is 13.3 Å². The molecule has 0 aliphatic heterocycles. The zero-order valence-corrected chi connectivity index (χ0v) is 9.10. The van der Waals surface area contributed by atoms with Gasteiger partial charge in [0.1, 0.15) is 0 Å². The van der Waals surface area contributed by atoms with Gasteiger partial charge in [-0.25, -0.2) is 14.4 Å². The predicted molar refractivity (Wildman–Crippen MR) is 46.0 cm³/mol. The molecule has 0 aromatic rings. The van der Waals surface area contributed by atoms with Gasteiger partial charge in [0.25, 0.3) is 0 Å². The molecule has 14 heavy (non-hydrogen) atoms. The van der Waals surface area contributed by atoms with E-state index in [4.69, 9.17) is 25.7 Å². The van der Waals surface area contributed by atoms with Gasteiger partial charge in [-0.1, -0.05) is 6.92 Å². The first-order valence-electron chi connectivity index (χ1n) is 3.31. The number of hydrogen-bond donors (Lipinski definition) is 5. The first kappa shape index (κ1) is 16.6. The van der Waals surface area contributed by atoms with Crippen molar-refractivity contribution in [3.63, 3.8) is 0 Å². The number of rotatable bonds is 4. The second kappa shape index (κ2) is 7.47. The molecule has 0 aromatic carbocycles. The smallest absolute Gasteiger partial charge is 0.330 e. The third kappa shape index (κ3) is 14.7. The minimum atomic E-state index is -5.10. The zero-order chi connectivity index (χ0) is 11.8. The summed E-state index contributed by atoms with van der Waals surface area (Å²) in [6.07, 6.45) is 1.10. The highest BCUT2D eigenvalue weighted by atomic mass is 31.3. The Morgan fingerprint density at radius 3 is 1.71 bits per heavy atom. The standard InChI is InChI=1S/C3H9N.H4O8P2/c1-2-3-4;1-7-10(5,6)8-9(2,3)4/h2-4H2,1H3;1H,(H,5,6)(H2,2,3,4). The minimum Gasteiger partial charge on any atom is -0.330 e. The van der Waals surface area contributed by atoms with Crippen LogP contribution in [-0.2, 0) is 18.1 Å². The topological polar surface area (TPSA) is 160 Å². The fourth-order valence-corrected chi connectivity index (χ4v) is 1.34. The van der Waals surface area contributed by atoms with Crippen molar-refractivity contribution < 1.29 is 38.1 Å². The molecule has 0 heterocycles. The van der Waals surface area contributed by atoms with Crippen molar-refractivity contribution in [3.8, 4) is 0 Å². The molecule has 0 radical (unpaired) electrons. The van der Waals surface area contributed by atoms with Gasteiger partial charge in [-0.05, 0) is 13.0 Å². The molecular weight excluding hydrogens is 240 g/mol. The molecule has 0 rings (SSSR count). The monoisotopic (exact) mass is 253 g/mol. The molecule has 0 saturated heterocycles. The minimum absolute atomic E-state index is 0.819. The molecular formula is C3H13NO8P2. The number of phosphoric acid groups is 2. The lowest BCUT2D eigenvalue weighted by Gasteiger charge is -2.06. The summed E-state index contributed by atoms with van der Waals surface area (Å²) in [5, 5.41) is 7.48. The second-order valence-electron chi connectivity index (χ2n) is 1.91. The highest BCUT2D eigenvalue weighted by Crippen LogP contribution is 2.56. The van der Waals surface area contributed by atoms with Crippen molar-refractivity contribution in [3.05, 3.63) is 0 Å². The summed E-state index contributed by atoms with van der Waals surface area (Å²) in [6, 6.07) is 0. The van der Waals surface area contributed by atoms with Crippen molar-refractivity contribution in [2.75, 3.05) is 6.54 Å². The van der Waals surface area contributed by atoms with Crippen molar-refractivity contribution in [2.24, 2.45) is 5.73 Å². The van der Waals surface area contributed by atoms with E-state index < -0.39 is 15.6 Å². The van der Waals surface area contributed by atoms with Crippen molar-refractivity contribution in [1.29, 1.82) is 0 Å². The van der Waals surface area contributed by atoms with E-state index in [1.807, 2.05) is 0 Å². The van der Waals surface area contributed by atoms with Gasteiger partial charge in [0, 0.05) is 0 Å². The fraction of sp³-hybridized carbons (Fsp3) is 1.00. The Hall–Kier alpha value is 0.180. The molecule has 0 aliphatic carbocycles. The van der Waals surface area contributed by atoms with E-state index in [1.54, 1.807) is 0 Å². The van der Waals surface area contributed by atoms with E-state index >= 15 is 0 Å². The summed E-state index contributed by atoms with van der Waals surface area (Å²) in [6.45, 7) is 2.88. The molecule has 1 atom stereocenters. The van der Waals surface area contributed by atoms with Gasteiger partial charge in [-0.3, -0.25) is 0 Å². The molecule has 0 spiro atoms. The van der Waals surface area contributed by atoms with Crippen LogP contribution in [0.2, 0.25) is 0 Å². The summed E-state index contributed by atoms with van der Waals surface area (Å²) in [5.74, 6) is 0. The van der Waals surface area contributed by atoms with Crippen LogP contribution >= 0.6 is 15.6 Å². The van der Waals surface area contributed by atoms with Gasteiger partial charge in [-0.15, -0.1) is 4.67 Å². The lowest BCUT2D eigenvalue weighted by Crippen LogP contribution is -1.93. The first-order valence-corrected chi connectivity index (χ1v) is 6.34. The summed E-state index contributed by atoms with van der Waals surface area (Å²) < 4.78 is 25.5. The summed E-state index contributed by atoms with van der Waals surface area (Å²) >= 11 is 0. The molecule has 0 saturated carbocycles. The summed E-state index contributed by atoms with van der Waals surface area (Å²) in [7, 11) is -10.1. The van der Waals surface area contributed by atoms with E-state index in [0.717, 1.165) is 13.0 Å². The van der Waals surface area contributed by atoms with E-state index in [1.165, 1.54) is 0 Å². The molecule has 1 unspecified atom stereocenters.